The van der Waals surface area contributed by atoms with Crippen LogP contribution < -0.4 is 4.90 Å². The molecule has 1 aromatic rings. The van der Waals surface area contributed by atoms with Crippen molar-refractivity contribution in [2.75, 3.05) is 31.6 Å². The lowest BCUT2D eigenvalue weighted by atomic mass is 10.2. The van der Waals surface area contributed by atoms with Gasteiger partial charge < -0.3 is 9.80 Å². The summed E-state index contributed by atoms with van der Waals surface area (Å²) in [4.78, 5) is 14.3. The predicted molar refractivity (Wildman–Crippen MR) is 85.2 cm³/mol. The Bertz CT molecular complexity index is 475. The third-order valence-electron chi connectivity index (χ3n) is 4.31. The number of nitrogens with zero attached hydrogens (tertiary/aromatic N) is 4. The molecule has 0 bridgehead atoms. The monoisotopic (exact) mass is 338 g/mol. The van der Waals surface area contributed by atoms with Crippen molar-refractivity contribution in [2.24, 2.45) is 0 Å². The number of likely N-dealkylation sites (N-methyl/N-ethyl adjacent to an activating group) is 1. The average Bonchev–Trinajstić information content (AvgIpc) is 3.24. The zero-order valence-corrected chi connectivity index (χ0v) is 13.9. The Morgan fingerprint density at radius 1 is 1.30 bits per heavy atom. The Balaban J connectivity index is 1.89. The summed E-state index contributed by atoms with van der Waals surface area (Å²) in [7, 11) is 2.22. The van der Waals surface area contributed by atoms with Crippen molar-refractivity contribution < 1.29 is 0 Å². The Hall–Kier alpha value is -0.680. The summed E-state index contributed by atoms with van der Waals surface area (Å²) < 4.78 is 0.928. The van der Waals surface area contributed by atoms with E-state index in [1.807, 2.05) is 0 Å². The van der Waals surface area contributed by atoms with Gasteiger partial charge in [0.2, 0.25) is 0 Å². The van der Waals surface area contributed by atoms with Crippen LogP contribution in [0.4, 0.5) is 5.82 Å². The summed E-state index contributed by atoms with van der Waals surface area (Å²) in [5.41, 5.74) is 0. The minimum Gasteiger partial charge on any atom is -0.352 e. The molecule has 1 atom stereocenters. The molecule has 2 aliphatic rings. The normalized spacial score (nSPS) is 24.8. The molecule has 2 heterocycles. The maximum absolute atomic E-state index is 4.85. The van der Waals surface area contributed by atoms with Gasteiger partial charge >= 0.3 is 0 Å². The molecule has 5 heteroatoms. The van der Waals surface area contributed by atoms with E-state index in [2.05, 4.69) is 50.8 Å². The Kier molecular flexibility index (Phi) is 4.26. The fourth-order valence-electron chi connectivity index (χ4n) is 2.99. The number of rotatable bonds is 3. The van der Waals surface area contributed by atoms with Crippen molar-refractivity contribution in [3.05, 3.63) is 16.5 Å². The van der Waals surface area contributed by atoms with Gasteiger partial charge in [-0.05, 0) is 55.2 Å². The zero-order chi connectivity index (χ0) is 14.1. The second-order valence-electron chi connectivity index (χ2n) is 6.05. The second-order valence-corrected chi connectivity index (χ2v) is 6.87. The summed E-state index contributed by atoms with van der Waals surface area (Å²) in [5.74, 6) is 2.73. The minimum absolute atomic E-state index is 0.552. The molecular weight excluding hydrogens is 316 g/mol. The van der Waals surface area contributed by atoms with Gasteiger partial charge in [-0.1, -0.05) is 6.92 Å². The van der Waals surface area contributed by atoms with Crippen molar-refractivity contribution in [1.29, 1.82) is 0 Å². The van der Waals surface area contributed by atoms with Crippen LogP contribution in [0, 0.1) is 0 Å². The van der Waals surface area contributed by atoms with Crippen molar-refractivity contribution in [3.8, 4) is 0 Å². The third kappa shape index (κ3) is 3.14. The first-order valence-electron chi connectivity index (χ1n) is 7.67. The van der Waals surface area contributed by atoms with Crippen LogP contribution in [0.15, 0.2) is 10.7 Å². The number of hydrogen-bond donors (Lipinski definition) is 0. The van der Waals surface area contributed by atoms with E-state index >= 15 is 0 Å². The summed E-state index contributed by atoms with van der Waals surface area (Å²) in [6, 6.07) is 2.64. The molecule has 2 fully saturated rings. The standard InChI is InChI=1S/C15H23BrN4/c1-3-12-10-19(2)7-4-8-20(12)14-9-13(16)17-15(18-14)11-5-6-11/h9,11-12H,3-8,10H2,1-2H3. The molecule has 20 heavy (non-hydrogen) atoms. The Labute approximate surface area is 129 Å². The van der Waals surface area contributed by atoms with Gasteiger partial charge in [0.25, 0.3) is 0 Å². The lowest BCUT2D eigenvalue weighted by Gasteiger charge is -2.31. The molecule has 1 saturated heterocycles. The molecule has 1 aromatic heterocycles. The van der Waals surface area contributed by atoms with Crippen molar-refractivity contribution >= 4 is 21.7 Å². The van der Waals surface area contributed by atoms with Crippen LogP contribution in [0.1, 0.15) is 44.3 Å². The maximum Gasteiger partial charge on any atom is 0.135 e. The molecule has 1 saturated carbocycles. The van der Waals surface area contributed by atoms with Crippen LogP contribution >= 0.6 is 15.9 Å². The average molecular weight is 339 g/mol. The van der Waals surface area contributed by atoms with Crippen molar-refractivity contribution in [3.63, 3.8) is 0 Å². The SMILES string of the molecule is CCC1CN(C)CCCN1c1cc(Br)nc(C2CC2)n1. The molecule has 0 amide bonds. The van der Waals surface area contributed by atoms with E-state index in [-0.39, 0.29) is 0 Å². The van der Waals surface area contributed by atoms with E-state index in [0.29, 0.717) is 12.0 Å². The van der Waals surface area contributed by atoms with E-state index < -0.39 is 0 Å². The van der Waals surface area contributed by atoms with Crippen LogP contribution in [0.3, 0.4) is 0 Å². The quantitative estimate of drug-likeness (QED) is 0.793. The predicted octanol–water partition coefficient (Wildman–Crippen LogP) is 3.04. The van der Waals surface area contributed by atoms with E-state index in [1.165, 1.54) is 25.8 Å². The molecule has 4 nitrogen and oxygen atoms in total. The lowest BCUT2D eigenvalue weighted by molar-refractivity contribution is 0.327. The van der Waals surface area contributed by atoms with Crippen LogP contribution in [-0.4, -0.2) is 47.6 Å². The van der Waals surface area contributed by atoms with Crippen molar-refractivity contribution in [1.82, 2.24) is 14.9 Å². The van der Waals surface area contributed by atoms with Crippen LogP contribution in [0.5, 0.6) is 0 Å². The molecular formula is C15H23BrN4. The molecule has 110 valence electrons. The largest absolute Gasteiger partial charge is 0.352 e. The molecule has 0 radical (unpaired) electrons. The number of halogens is 1. The summed E-state index contributed by atoms with van der Waals surface area (Å²) in [5, 5.41) is 0. The van der Waals surface area contributed by atoms with Gasteiger partial charge in [-0.2, -0.15) is 0 Å². The fourth-order valence-corrected chi connectivity index (χ4v) is 3.37. The van der Waals surface area contributed by atoms with Gasteiger partial charge in [0.05, 0.1) is 0 Å². The Morgan fingerprint density at radius 3 is 2.80 bits per heavy atom. The molecule has 1 aliphatic carbocycles. The van der Waals surface area contributed by atoms with Gasteiger partial charge in [-0.3, -0.25) is 0 Å². The fraction of sp³-hybridized carbons (Fsp3) is 0.733. The first-order chi connectivity index (χ1) is 9.67. The summed E-state index contributed by atoms with van der Waals surface area (Å²) in [6.45, 7) is 5.66. The topological polar surface area (TPSA) is 32.3 Å². The maximum atomic E-state index is 4.85. The van der Waals surface area contributed by atoms with E-state index in [1.54, 1.807) is 0 Å². The smallest absolute Gasteiger partial charge is 0.135 e. The number of hydrogen-bond acceptors (Lipinski definition) is 4. The van der Waals surface area contributed by atoms with Gasteiger partial charge in [0.1, 0.15) is 16.2 Å². The van der Waals surface area contributed by atoms with E-state index in [4.69, 9.17) is 4.98 Å². The highest BCUT2D eigenvalue weighted by Crippen LogP contribution is 2.39. The van der Waals surface area contributed by atoms with Crippen LogP contribution in [0.2, 0.25) is 0 Å². The van der Waals surface area contributed by atoms with Crippen molar-refractivity contribution in [2.45, 2.75) is 44.6 Å². The number of anilines is 1. The highest BCUT2D eigenvalue weighted by atomic mass is 79.9. The first-order valence-corrected chi connectivity index (χ1v) is 8.46. The molecule has 1 unspecified atom stereocenters. The van der Waals surface area contributed by atoms with Gasteiger partial charge in [0.15, 0.2) is 0 Å². The van der Waals surface area contributed by atoms with E-state index in [0.717, 1.165) is 35.8 Å². The molecule has 3 rings (SSSR count). The first kappa shape index (κ1) is 14.3. The highest BCUT2D eigenvalue weighted by molar-refractivity contribution is 9.10. The van der Waals surface area contributed by atoms with Gasteiger partial charge in [-0.15, -0.1) is 0 Å². The molecule has 0 N–H and O–H groups in total. The molecule has 1 aliphatic heterocycles. The summed E-state index contributed by atoms with van der Waals surface area (Å²) in [6.07, 6.45) is 4.85. The van der Waals surface area contributed by atoms with Crippen LogP contribution in [0.25, 0.3) is 0 Å². The number of aromatic nitrogens is 2. The highest BCUT2D eigenvalue weighted by Gasteiger charge is 2.29. The van der Waals surface area contributed by atoms with Gasteiger partial charge in [0, 0.05) is 31.1 Å². The minimum atomic E-state index is 0.552. The second kappa shape index (κ2) is 5.98. The third-order valence-corrected chi connectivity index (χ3v) is 4.71. The summed E-state index contributed by atoms with van der Waals surface area (Å²) >= 11 is 3.56. The molecule has 0 aromatic carbocycles. The van der Waals surface area contributed by atoms with Crippen LogP contribution in [-0.2, 0) is 0 Å². The zero-order valence-electron chi connectivity index (χ0n) is 12.3. The lowest BCUT2D eigenvalue weighted by Crippen LogP contribution is -2.40. The molecule has 0 spiro atoms. The Morgan fingerprint density at radius 2 is 2.10 bits per heavy atom. The van der Waals surface area contributed by atoms with E-state index in [9.17, 15) is 0 Å². The van der Waals surface area contributed by atoms with Gasteiger partial charge in [-0.25, -0.2) is 9.97 Å².